The first kappa shape index (κ1) is 12.3. The molecular weight excluding hydrogens is 300 g/mol. The van der Waals surface area contributed by atoms with Gasteiger partial charge >= 0.3 is 0 Å². The Morgan fingerprint density at radius 1 is 1.21 bits per heavy atom. The van der Waals surface area contributed by atoms with Crippen molar-refractivity contribution in [3.8, 4) is 6.07 Å². The Morgan fingerprint density at radius 2 is 2.11 bits per heavy atom. The lowest BCUT2D eigenvalue weighted by molar-refractivity contribution is 0.762. The van der Waals surface area contributed by atoms with Crippen LogP contribution in [-0.2, 0) is 6.42 Å². The van der Waals surface area contributed by atoms with Gasteiger partial charge in [-0.1, -0.05) is 28.1 Å². The number of nitrogens with zero attached hydrogens (tertiary/aromatic N) is 1. The molecule has 1 unspecified atom stereocenters. The van der Waals surface area contributed by atoms with Crippen LogP contribution in [0.5, 0.6) is 0 Å². The predicted octanol–water partition coefficient (Wildman–Crippen LogP) is 4.42. The van der Waals surface area contributed by atoms with Crippen LogP contribution in [-0.4, -0.2) is 0 Å². The zero-order valence-corrected chi connectivity index (χ0v) is 11.9. The largest absolute Gasteiger partial charge is 0.378 e. The average Bonchev–Trinajstić information content (AvgIpc) is 2.81. The monoisotopic (exact) mass is 312 g/mol. The van der Waals surface area contributed by atoms with E-state index < -0.39 is 0 Å². The molecule has 1 aliphatic carbocycles. The maximum Gasteiger partial charge on any atom is 0.0992 e. The van der Waals surface area contributed by atoms with Crippen LogP contribution in [0.3, 0.4) is 0 Å². The van der Waals surface area contributed by atoms with E-state index in [0.717, 1.165) is 23.0 Å². The second-order valence-corrected chi connectivity index (χ2v) is 5.69. The number of aryl methyl sites for hydroxylation is 1. The molecule has 94 valence electrons. The van der Waals surface area contributed by atoms with Crippen molar-refractivity contribution in [2.75, 3.05) is 5.32 Å². The molecule has 2 aromatic carbocycles. The van der Waals surface area contributed by atoms with Crippen LogP contribution >= 0.6 is 15.9 Å². The lowest BCUT2D eigenvalue weighted by Crippen LogP contribution is -2.07. The Kier molecular flexibility index (Phi) is 3.27. The maximum atomic E-state index is 8.93. The second-order valence-electron chi connectivity index (χ2n) is 4.77. The molecule has 0 fully saturated rings. The number of fused-ring (bicyclic) bond motifs is 1. The lowest BCUT2D eigenvalue weighted by atomic mass is 10.1. The third-order valence-electron chi connectivity index (χ3n) is 3.52. The average molecular weight is 313 g/mol. The molecule has 3 rings (SSSR count). The van der Waals surface area contributed by atoms with Crippen molar-refractivity contribution < 1.29 is 0 Å². The first-order valence-corrected chi connectivity index (χ1v) is 7.10. The molecule has 0 saturated heterocycles. The number of hydrogen-bond donors (Lipinski definition) is 1. The van der Waals surface area contributed by atoms with Crippen molar-refractivity contribution in [2.24, 2.45) is 0 Å². The highest BCUT2D eigenvalue weighted by molar-refractivity contribution is 9.10. The molecule has 0 radical (unpaired) electrons. The molecule has 0 aromatic heterocycles. The van der Waals surface area contributed by atoms with Gasteiger partial charge in [0.1, 0.15) is 0 Å². The van der Waals surface area contributed by atoms with Gasteiger partial charge in [-0.3, -0.25) is 0 Å². The fourth-order valence-corrected chi connectivity index (χ4v) is 3.02. The van der Waals surface area contributed by atoms with E-state index in [1.54, 1.807) is 0 Å². The van der Waals surface area contributed by atoms with Crippen molar-refractivity contribution in [1.82, 2.24) is 0 Å². The number of anilines is 1. The summed E-state index contributed by atoms with van der Waals surface area (Å²) in [4.78, 5) is 0. The Balaban J connectivity index is 1.85. The fraction of sp³-hybridized carbons (Fsp3) is 0.188. The van der Waals surface area contributed by atoms with E-state index in [4.69, 9.17) is 5.26 Å². The molecule has 2 nitrogen and oxygen atoms in total. The lowest BCUT2D eigenvalue weighted by Gasteiger charge is -2.15. The molecule has 1 N–H and O–H groups in total. The summed E-state index contributed by atoms with van der Waals surface area (Å²) in [5, 5.41) is 12.5. The van der Waals surface area contributed by atoms with E-state index in [1.165, 1.54) is 11.1 Å². The van der Waals surface area contributed by atoms with Gasteiger partial charge in [-0.15, -0.1) is 0 Å². The van der Waals surface area contributed by atoms with Gasteiger partial charge in [0.05, 0.1) is 17.7 Å². The summed E-state index contributed by atoms with van der Waals surface area (Å²) in [5.41, 5.74) is 4.48. The van der Waals surface area contributed by atoms with Gasteiger partial charge in [-0.2, -0.15) is 5.26 Å². The standard InChI is InChI=1S/C16H13BrN2/c17-13-5-6-15-12(9-13)4-7-16(15)19-14-3-1-2-11(8-14)10-18/h1-3,5-6,8-9,16,19H,4,7H2. The summed E-state index contributed by atoms with van der Waals surface area (Å²) in [6.07, 6.45) is 2.20. The smallest absolute Gasteiger partial charge is 0.0992 e. The predicted molar refractivity (Wildman–Crippen MR) is 80.0 cm³/mol. The molecular formula is C16H13BrN2. The molecule has 19 heavy (non-hydrogen) atoms. The molecule has 0 bridgehead atoms. The van der Waals surface area contributed by atoms with Gasteiger partial charge in [0.25, 0.3) is 0 Å². The number of rotatable bonds is 2. The highest BCUT2D eigenvalue weighted by Gasteiger charge is 2.22. The van der Waals surface area contributed by atoms with E-state index in [1.807, 2.05) is 24.3 Å². The number of hydrogen-bond acceptors (Lipinski definition) is 2. The summed E-state index contributed by atoms with van der Waals surface area (Å²) in [6.45, 7) is 0. The fourth-order valence-electron chi connectivity index (χ4n) is 2.62. The summed E-state index contributed by atoms with van der Waals surface area (Å²) in [5.74, 6) is 0. The minimum Gasteiger partial charge on any atom is -0.378 e. The molecule has 0 heterocycles. The molecule has 0 aliphatic heterocycles. The Morgan fingerprint density at radius 3 is 2.95 bits per heavy atom. The first-order valence-electron chi connectivity index (χ1n) is 6.31. The van der Waals surface area contributed by atoms with Crippen molar-refractivity contribution in [1.29, 1.82) is 5.26 Å². The molecule has 0 spiro atoms. The number of nitriles is 1. The van der Waals surface area contributed by atoms with Gasteiger partial charge in [0, 0.05) is 10.2 Å². The van der Waals surface area contributed by atoms with E-state index in [-0.39, 0.29) is 0 Å². The summed E-state index contributed by atoms with van der Waals surface area (Å²) in [6, 6.07) is 16.6. The van der Waals surface area contributed by atoms with Crippen LogP contribution in [0.2, 0.25) is 0 Å². The normalized spacial score (nSPS) is 16.7. The quantitative estimate of drug-likeness (QED) is 0.891. The summed E-state index contributed by atoms with van der Waals surface area (Å²) >= 11 is 3.51. The number of nitrogens with one attached hydrogen (secondary N) is 1. The van der Waals surface area contributed by atoms with E-state index in [2.05, 4.69) is 45.5 Å². The third kappa shape index (κ3) is 2.50. The minimum atomic E-state index is 0.344. The highest BCUT2D eigenvalue weighted by atomic mass is 79.9. The van der Waals surface area contributed by atoms with Crippen molar-refractivity contribution >= 4 is 21.6 Å². The molecule has 0 amide bonds. The summed E-state index contributed by atoms with van der Waals surface area (Å²) in [7, 11) is 0. The molecule has 3 heteroatoms. The van der Waals surface area contributed by atoms with Crippen molar-refractivity contribution in [3.05, 3.63) is 63.6 Å². The van der Waals surface area contributed by atoms with Crippen molar-refractivity contribution in [3.63, 3.8) is 0 Å². The van der Waals surface area contributed by atoms with Crippen LogP contribution in [0, 0.1) is 11.3 Å². The first-order chi connectivity index (χ1) is 9.26. The van der Waals surface area contributed by atoms with E-state index in [0.29, 0.717) is 11.6 Å². The third-order valence-corrected chi connectivity index (χ3v) is 4.01. The van der Waals surface area contributed by atoms with E-state index >= 15 is 0 Å². The number of benzene rings is 2. The van der Waals surface area contributed by atoms with E-state index in [9.17, 15) is 0 Å². The van der Waals surface area contributed by atoms with Gasteiger partial charge < -0.3 is 5.32 Å². The summed E-state index contributed by atoms with van der Waals surface area (Å²) < 4.78 is 1.14. The molecule has 2 aromatic rings. The Bertz CT molecular complexity index is 658. The Hall–Kier alpha value is -1.79. The zero-order chi connectivity index (χ0) is 13.2. The second kappa shape index (κ2) is 5.07. The molecule has 0 saturated carbocycles. The van der Waals surface area contributed by atoms with Gasteiger partial charge in [-0.25, -0.2) is 0 Å². The Labute approximate surface area is 121 Å². The highest BCUT2D eigenvalue weighted by Crippen LogP contribution is 2.35. The van der Waals surface area contributed by atoms with Crippen LogP contribution in [0.15, 0.2) is 46.9 Å². The van der Waals surface area contributed by atoms with Crippen LogP contribution in [0.4, 0.5) is 5.69 Å². The molecule has 1 atom stereocenters. The van der Waals surface area contributed by atoms with Crippen molar-refractivity contribution in [2.45, 2.75) is 18.9 Å². The van der Waals surface area contributed by atoms with Gasteiger partial charge in [-0.05, 0) is 54.3 Å². The molecule has 1 aliphatic rings. The van der Waals surface area contributed by atoms with Gasteiger partial charge in [0.15, 0.2) is 0 Å². The minimum absolute atomic E-state index is 0.344. The van der Waals surface area contributed by atoms with Crippen LogP contribution in [0.1, 0.15) is 29.2 Å². The number of halogens is 1. The topological polar surface area (TPSA) is 35.8 Å². The van der Waals surface area contributed by atoms with Gasteiger partial charge in [0.2, 0.25) is 0 Å². The SMILES string of the molecule is N#Cc1cccc(NC2CCc3cc(Br)ccc32)c1. The van der Waals surface area contributed by atoms with Crippen LogP contribution < -0.4 is 5.32 Å². The zero-order valence-electron chi connectivity index (χ0n) is 10.4. The van der Waals surface area contributed by atoms with Crippen LogP contribution in [0.25, 0.3) is 0 Å². The maximum absolute atomic E-state index is 8.93.